The van der Waals surface area contributed by atoms with Crippen LogP contribution in [0.5, 0.6) is 0 Å². The third-order valence-corrected chi connectivity index (χ3v) is 7.66. The second-order valence-electron chi connectivity index (χ2n) is 6.07. The maximum Gasteiger partial charge on any atom is 0.352 e. The van der Waals surface area contributed by atoms with Gasteiger partial charge in [0.1, 0.15) is 22.2 Å². The first-order valence-electron chi connectivity index (χ1n) is 8.32. The van der Waals surface area contributed by atoms with Gasteiger partial charge in [0.05, 0.1) is 6.20 Å². The second kappa shape index (κ2) is 9.27. The van der Waals surface area contributed by atoms with Crippen LogP contribution in [0.4, 0.5) is 0 Å². The predicted octanol–water partition coefficient (Wildman–Crippen LogP) is -1.12. The summed E-state index contributed by atoms with van der Waals surface area (Å²) in [7, 11) is 1.22. The Morgan fingerprint density at radius 3 is 3.03 bits per heavy atom. The predicted molar refractivity (Wildman–Crippen MR) is 106 cm³/mol. The number of nitrogens with zero attached hydrogens (tertiary/aromatic N) is 4. The zero-order valence-corrected chi connectivity index (χ0v) is 17.9. The van der Waals surface area contributed by atoms with E-state index < -0.39 is 45.8 Å². The van der Waals surface area contributed by atoms with E-state index in [2.05, 4.69) is 20.7 Å². The summed E-state index contributed by atoms with van der Waals surface area (Å²) in [6.45, 7) is 0. The molecule has 0 bridgehead atoms. The fourth-order valence-corrected chi connectivity index (χ4v) is 5.96. The lowest BCUT2D eigenvalue weighted by molar-refractivity contribution is -0.192. The maximum absolute atomic E-state index is 12.9. The Morgan fingerprint density at radius 1 is 1.67 bits per heavy atom. The largest absolute Gasteiger partial charge is 0.615 e. The Labute approximate surface area is 181 Å². The molecule has 3 heterocycles. The number of carboxylic acids is 1. The van der Waals surface area contributed by atoms with Crippen molar-refractivity contribution in [1.29, 1.82) is 5.26 Å². The van der Waals surface area contributed by atoms with E-state index in [-0.39, 0.29) is 17.2 Å². The van der Waals surface area contributed by atoms with Crippen LogP contribution in [0.15, 0.2) is 22.5 Å². The molecule has 0 spiro atoms. The van der Waals surface area contributed by atoms with Gasteiger partial charge in [-0.05, 0) is 16.7 Å². The number of ether oxygens (including phenoxy) is 1. The standard InChI is InChI=1S/C15H16N6O6S3/c1-27-15(18-9(22)7-30(26)3-2-16)13(25)21-11(12(23)24)8(6-29-14(15)21)5-28-10-4-17-20-19-10/h4,14H,3,5-7H2,1H3,(H,18,22)(H,23,24)(H,17,19,20)/t14-,15+,30?/m1/s1. The lowest BCUT2D eigenvalue weighted by Crippen LogP contribution is -2.81. The molecule has 3 N–H and O–H groups in total. The van der Waals surface area contributed by atoms with Gasteiger partial charge in [0.15, 0.2) is 11.5 Å². The molecule has 12 nitrogen and oxygen atoms in total. The molecule has 1 aromatic rings. The Bertz CT molecular complexity index is 918. The number of rotatable bonds is 9. The summed E-state index contributed by atoms with van der Waals surface area (Å²) < 4.78 is 16.9. The Hall–Kier alpha value is -2.25. The van der Waals surface area contributed by atoms with E-state index in [1.807, 2.05) is 0 Å². The highest BCUT2D eigenvalue weighted by molar-refractivity contribution is 8.01. The number of β-lactam (4-membered cyclic amide) rings is 1. The van der Waals surface area contributed by atoms with Gasteiger partial charge >= 0.3 is 5.97 Å². The number of fused-ring (bicyclic) bond motifs is 1. The number of thioether (sulfide) groups is 2. The minimum Gasteiger partial charge on any atom is -0.615 e. The zero-order valence-electron chi connectivity index (χ0n) is 15.5. The van der Waals surface area contributed by atoms with Crippen LogP contribution in [-0.4, -0.2) is 89.0 Å². The SMILES string of the molecule is CO[C@@]1(NC(=O)C[S+]([O-])CC#N)C(=O)N2C(C(=O)O)=C(CSc3c[nH]nn3)CS[C@@H]21. The van der Waals surface area contributed by atoms with Gasteiger partial charge in [0.2, 0.25) is 0 Å². The van der Waals surface area contributed by atoms with Crippen LogP contribution < -0.4 is 5.32 Å². The van der Waals surface area contributed by atoms with Crippen molar-refractivity contribution in [2.75, 3.05) is 30.1 Å². The molecule has 0 aliphatic carbocycles. The third kappa shape index (κ3) is 4.14. The number of amides is 2. The van der Waals surface area contributed by atoms with E-state index in [9.17, 15) is 24.0 Å². The van der Waals surface area contributed by atoms with Crippen molar-refractivity contribution < 1.29 is 28.8 Å². The van der Waals surface area contributed by atoms with Crippen LogP contribution >= 0.6 is 23.5 Å². The molecule has 3 rings (SSSR count). The summed E-state index contributed by atoms with van der Waals surface area (Å²) in [4.78, 5) is 38.1. The van der Waals surface area contributed by atoms with Crippen molar-refractivity contribution in [3.8, 4) is 6.07 Å². The molecular formula is C15H16N6O6S3. The molecule has 1 fully saturated rings. The molecule has 2 aliphatic rings. The lowest BCUT2D eigenvalue weighted by atomic mass is 9.98. The lowest BCUT2D eigenvalue weighted by Gasteiger charge is -2.55. The molecule has 2 aliphatic heterocycles. The van der Waals surface area contributed by atoms with E-state index in [4.69, 9.17) is 10.00 Å². The molecule has 1 saturated heterocycles. The summed E-state index contributed by atoms with van der Waals surface area (Å²) >= 11 is 0.814. The van der Waals surface area contributed by atoms with Gasteiger partial charge in [-0.15, -0.1) is 16.9 Å². The fourth-order valence-electron chi connectivity index (χ4n) is 2.99. The number of nitriles is 1. The van der Waals surface area contributed by atoms with E-state index >= 15 is 0 Å². The van der Waals surface area contributed by atoms with Gasteiger partial charge in [-0.25, -0.2) is 4.79 Å². The normalized spacial score (nSPS) is 24.0. The topological polar surface area (TPSA) is 184 Å². The summed E-state index contributed by atoms with van der Waals surface area (Å²) in [6, 6.07) is 1.70. The molecule has 160 valence electrons. The molecule has 0 saturated carbocycles. The van der Waals surface area contributed by atoms with Crippen molar-refractivity contribution in [3.63, 3.8) is 0 Å². The first-order valence-corrected chi connectivity index (χ1v) is 11.8. The summed E-state index contributed by atoms with van der Waals surface area (Å²) in [5.74, 6) is -2.93. The molecule has 1 unspecified atom stereocenters. The number of hydrogen-bond acceptors (Lipinski definition) is 10. The van der Waals surface area contributed by atoms with Crippen molar-refractivity contribution in [2.24, 2.45) is 0 Å². The van der Waals surface area contributed by atoms with Crippen LogP contribution in [0.1, 0.15) is 0 Å². The smallest absolute Gasteiger partial charge is 0.352 e. The van der Waals surface area contributed by atoms with Crippen LogP contribution in [-0.2, 0) is 30.3 Å². The van der Waals surface area contributed by atoms with E-state index in [0.717, 1.165) is 4.90 Å². The minimum atomic E-state index is -1.76. The Balaban J connectivity index is 1.77. The van der Waals surface area contributed by atoms with Gasteiger partial charge in [0, 0.05) is 18.6 Å². The van der Waals surface area contributed by atoms with E-state index in [0.29, 0.717) is 16.4 Å². The summed E-state index contributed by atoms with van der Waals surface area (Å²) in [5.41, 5.74) is -1.39. The van der Waals surface area contributed by atoms with Gasteiger partial charge in [-0.2, -0.15) is 5.26 Å². The van der Waals surface area contributed by atoms with Crippen LogP contribution in [0, 0.1) is 11.3 Å². The number of hydrogen-bond donors (Lipinski definition) is 3. The van der Waals surface area contributed by atoms with E-state index in [1.54, 1.807) is 12.3 Å². The van der Waals surface area contributed by atoms with Crippen molar-refractivity contribution in [1.82, 2.24) is 25.6 Å². The van der Waals surface area contributed by atoms with Crippen molar-refractivity contribution >= 4 is 52.5 Å². The Kier molecular flexibility index (Phi) is 6.93. The molecule has 0 radical (unpaired) electrons. The van der Waals surface area contributed by atoms with Crippen LogP contribution in [0.3, 0.4) is 0 Å². The van der Waals surface area contributed by atoms with Gasteiger partial charge in [-0.1, -0.05) is 17.0 Å². The number of aromatic nitrogens is 3. The molecule has 15 heteroatoms. The van der Waals surface area contributed by atoms with Crippen molar-refractivity contribution in [3.05, 3.63) is 17.5 Å². The minimum absolute atomic E-state index is 0.158. The summed E-state index contributed by atoms with van der Waals surface area (Å²) in [6.07, 6.45) is 1.57. The second-order valence-corrected chi connectivity index (χ2v) is 9.59. The summed E-state index contributed by atoms with van der Waals surface area (Å²) in [5, 5.41) is 30.5. The number of carbonyl (C=O) groups excluding carboxylic acids is 2. The number of nitrogens with one attached hydrogen (secondary N) is 2. The van der Waals surface area contributed by atoms with Gasteiger partial charge in [-0.3, -0.25) is 19.6 Å². The van der Waals surface area contributed by atoms with Crippen LogP contribution in [0.25, 0.3) is 0 Å². The highest BCUT2D eigenvalue weighted by Gasteiger charge is 2.66. The molecule has 30 heavy (non-hydrogen) atoms. The average molecular weight is 473 g/mol. The van der Waals surface area contributed by atoms with Gasteiger partial charge in [0.25, 0.3) is 17.5 Å². The maximum atomic E-state index is 12.9. The number of carbonyl (C=O) groups is 3. The van der Waals surface area contributed by atoms with E-state index in [1.165, 1.54) is 30.6 Å². The molecule has 3 atom stereocenters. The Morgan fingerprint density at radius 2 is 2.43 bits per heavy atom. The molecule has 1 aromatic heterocycles. The van der Waals surface area contributed by atoms with Crippen molar-refractivity contribution in [2.45, 2.75) is 16.1 Å². The molecular weight excluding hydrogens is 456 g/mol. The molecule has 2 amide bonds. The number of aromatic amines is 1. The van der Waals surface area contributed by atoms with Crippen LogP contribution in [0.2, 0.25) is 0 Å². The number of methoxy groups -OCH3 is 1. The van der Waals surface area contributed by atoms with Gasteiger partial charge < -0.3 is 19.7 Å². The number of aliphatic carboxylic acids is 1. The third-order valence-electron chi connectivity index (χ3n) is 4.27. The zero-order chi connectivity index (χ0) is 21.9. The average Bonchev–Trinajstić information content (AvgIpc) is 3.23. The first-order chi connectivity index (χ1) is 14.3. The number of carboxylic acid groups (broad SMARTS) is 1. The highest BCUT2D eigenvalue weighted by atomic mass is 32.2. The highest BCUT2D eigenvalue weighted by Crippen LogP contribution is 2.47. The first kappa shape index (κ1) is 22.4. The molecule has 0 aromatic carbocycles. The monoisotopic (exact) mass is 472 g/mol. The number of H-pyrrole nitrogens is 1. The quantitative estimate of drug-likeness (QED) is 0.171. The fraction of sp³-hybridized carbons (Fsp3) is 0.467.